The summed E-state index contributed by atoms with van der Waals surface area (Å²) in [6.45, 7) is -0.139. The van der Waals surface area contributed by atoms with Gasteiger partial charge >= 0.3 is 0 Å². The second kappa shape index (κ2) is 7.50. The van der Waals surface area contributed by atoms with Crippen molar-refractivity contribution in [2.45, 2.75) is 6.54 Å². The predicted octanol–water partition coefficient (Wildman–Crippen LogP) is 3.27. The highest BCUT2D eigenvalue weighted by Crippen LogP contribution is 2.27. The summed E-state index contributed by atoms with van der Waals surface area (Å²) in [6.07, 6.45) is 1.37. The minimum Gasteiger partial charge on any atom is -0.495 e. The zero-order chi connectivity index (χ0) is 17.8. The molecule has 8 heteroatoms. The molecule has 0 saturated heterocycles. The molecule has 0 aliphatic rings. The molecule has 2 heterocycles. The molecule has 1 amide bonds. The maximum Gasteiger partial charge on any atom is 0.254 e. The lowest BCUT2D eigenvalue weighted by Gasteiger charge is -2.09. The molecule has 0 fully saturated rings. The number of nitrogens with one attached hydrogen (secondary N) is 1. The number of hydrogen-bond acceptors (Lipinski definition) is 5. The van der Waals surface area contributed by atoms with E-state index in [1.807, 2.05) is 17.5 Å². The first-order valence-corrected chi connectivity index (χ1v) is 8.56. The number of benzene rings is 1. The summed E-state index contributed by atoms with van der Waals surface area (Å²) in [4.78, 5) is 29.5. The summed E-state index contributed by atoms with van der Waals surface area (Å²) in [7, 11) is 1.51. The summed E-state index contributed by atoms with van der Waals surface area (Å²) < 4.78 is 6.31. The Bertz CT molecular complexity index is 954. The minimum atomic E-state index is -0.353. The maximum absolute atomic E-state index is 12.2. The van der Waals surface area contributed by atoms with Gasteiger partial charge in [-0.25, -0.2) is 4.98 Å². The molecule has 2 aromatic heterocycles. The molecule has 0 spiro atoms. The fourth-order valence-electron chi connectivity index (χ4n) is 2.20. The van der Waals surface area contributed by atoms with Crippen LogP contribution < -0.4 is 15.6 Å². The third-order valence-electron chi connectivity index (χ3n) is 3.40. The molecule has 25 heavy (non-hydrogen) atoms. The lowest BCUT2D eigenvalue weighted by atomic mass is 10.3. The Morgan fingerprint density at radius 2 is 2.20 bits per heavy atom. The highest BCUT2D eigenvalue weighted by Gasteiger charge is 2.09. The molecule has 0 unspecified atom stereocenters. The highest BCUT2D eigenvalue weighted by atomic mass is 35.5. The van der Waals surface area contributed by atoms with Gasteiger partial charge < -0.3 is 10.1 Å². The number of hydrogen-bond donors (Lipinski definition) is 1. The smallest absolute Gasteiger partial charge is 0.254 e. The molecule has 3 aromatic rings. The van der Waals surface area contributed by atoms with Crippen molar-refractivity contribution in [3.8, 4) is 16.3 Å². The normalized spacial score (nSPS) is 10.5. The van der Waals surface area contributed by atoms with Gasteiger partial charge in [-0.05, 0) is 29.6 Å². The Kier molecular flexibility index (Phi) is 5.16. The third kappa shape index (κ3) is 4.07. The van der Waals surface area contributed by atoms with E-state index in [1.165, 1.54) is 35.4 Å². The summed E-state index contributed by atoms with van der Waals surface area (Å²) in [5.74, 6) is 0.165. The molecule has 0 bridgehead atoms. The van der Waals surface area contributed by atoms with Crippen molar-refractivity contribution in [3.63, 3.8) is 0 Å². The standard InChI is InChI=1S/C17H14ClN3O3S/c1-24-14-5-4-11(7-12(14)18)20-16(22)9-21-10-19-13(8-17(21)23)15-3-2-6-25-15/h2-8,10H,9H2,1H3,(H,20,22). The van der Waals surface area contributed by atoms with Crippen LogP contribution in [0.2, 0.25) is 5.02 Å². The Hall–Kier alpha value is -2.64. The van der Waals surface area contributed by atoms with Crippen LogP contribution >= 0.6 is 22.9 Å². The monoisotopic (exact) mass is 375 g/mol. The Morgan fingerprint density at radius 1 is 1.36 bits per heavy atom. The van der Waals surface area contributed by atoms with Gasteiger partial charge in [-0.15, -0.1) is 11.3 Å². The fourth-order valence-corrected chi connectivity index (χ4v) is 3.15. The molecule has 0 radical (unpaired) electrons. The summed E-state index contributed by atoms with van der Waals surface area (Å²) in [5.41, 5.74) is 0.826. The number of halogens is 1. The van der Waals surface area contributed by atoms with Crippen molar-refractivity contribution < 1.29 is 9.53 Å². The molecular formula is C17H14ClN3O3S. The van der Waals surface area contributed by atoms with Crippen LogP contribution in [-0.2, 0) is 11.3 Å². The van der Waals surface area contributed by atoms with Gasteiger partial charge in [-0.2, -0.15) is 0 Å². The number of carbonyl (C=O) groups excluding carboxylic acids is 1. The van der Waals surface area contributed by atoms with E-state index >= 15 is 0 Å². The lowest BCUT2D eigenvalue weighted by molar-refractivity contribution is -0.116. The first-order chi connectivity index (χ1) is 12.1. The van der Waals surface area contributed by atoms with Gasteiger partial charge in [-0.1, -0.05) is 17.7 Å². The number of thiophene rings is 1. The second-order valence-corrected chi connectivity index (χ2v) is 6.47. The fraction of sp³-hybridized carbons (Fsp3) is 0.118. The van der Waals surface area contributed by atoms with Crippen LogP contribution in [0.25, 0.3) is 10.6 Å². The Labute approximate surface area is 152 Å². The number of ether oxygens (including phenoxy) is 1. The van der Waals surface area contributed by atoms with Crippen LogP contribution in [0.15, 0.2) is 52.9 Å². The van der Waals surface area contributed by atoms with Crippen LogP contribution in [0.5, 0.6) is 5.75 Å². The quantitative estimate of drug-likeness (QED) is 0.742. The van der Waals surface area contributed by atoms with Gasteiger partial charge in [0.25, 0.3) is 5.56 Å². The van der Waals surface area contributed by atoms with Gasteiger partial charge in [0.05, 0.1) is 29.0 Å². The van der Waals surface area contributed by atoms with E-state index in [0.29, 0.717) is 22.2 Å². The van der Waals surface area contributed by atoms with Crippen LogP contribution in [0.4, 0.5) is 5.69 Å². The summed E-state index contributed by atoms with van der Waals surface area (Å²) >= 11 is 7.52. The van der Waals surface area contributed by atoms with Crippen molar-refractivity contribution in [2.75, 3.05) is 12.4 Å². The van der Waals surface area contributed by atoms with Crippen LogP contribution in [0, 0.1) is 0 Å². The van der Waals surface area contributed by atoms with Crippen LogP contribution in [-0.4, -0.2) is 22.6 Å². The van der Waals surface area contributed by atoms with Gasteiger partial charge in [0.1, 0.15) is 12.3 Å². The van der Waals surface area contributed by atoms with Crippen molar-refractivity contribution in [1.82, 2.24) is 9.55 Å². The molecule has 3 rings (SSSR count). The number of amides is 1. The zero-order valence-corrected chi connectivity index (χ0v) is 14.8. The van der Waals surface area contributed by atoms with E-state index in [-0.39, 0.29) is 18.0 Å². The summed E-state index contributed by atoms with van der Waals surface area (Å²) in [5, 5.41) is 4.99. The molecule has 0 saturated carbocycles. The van der Waals surface area contributed by atoms with E-state index in [0.717, 1.165) is 4.88 Å². The number of nitrogens with zero attached hydrogens (tertiary/aromatic N) is 2. The van der Waals surface area contributed by atoms with Crippen molar-refractivity contribution >= 4 is 34.5 Å². The van der Waals surface area contributed by atoms with Gasteiger partial charge in [0, 0.05) is 11.8 Å². The van der Waals surface area contributed by atoms with Crippen molar-refractivity contribution in [2.24, 2.45) is 0 Å². The van der Waals surface area contributed by atoms with Crippen LogP contribution in [0.1, 0.15) is 0 Å². The molecule has 1 aromatic carbocycles. The van der Waals surface area contributed by atoms with Crippen LogP contribution in [0.3, 0.4) is 0 Å². The Balaban J connectivity index is 1.71. The van der Waals surface area contributed by atoms with Gasteiger partial charge in [0.2, 0.25) is 5.91 Å². The highest BCUT2D eigenvalue weighted by molar-refractivity contribution is 7.13. The Morgan fingerprint density at radius 3 is 2.84 bits per heavy atom. The molecule has 0 atom stereocenters. The maximum atomic E-state index is 12.2. The van der Waals surface area contributed by atoms with E-state index in [4.69, 9.17) is 16.3 Å². The van der Waals surface area contributed by atoms with Gasteiger partial charge in [-0.3, -0.25) is 14.2 Å². The first-order valence-electron chi connectivity index (χ1n) is 7.30. The first kappa shape index (κ1) is 17.2. The number of carbonyl (C=O) groups is 1. The molecule has 6 nitrogen and oxygen atoms in total. The molecule has 128 valence electrons. The second-order valence-electron chi connectivity index (χ2n) is 5.12. The van der Waals surface area contributed by atoms with E-state index in [9.17, 15) is 9.59 Å². The third-order valence-corrected chi connectivity index (χ3v) is 4.59. The zero-order valence-electron chi connectivity index (χ0n) is 13.2. The van der Waals surface area contributed by atoms with E-state index in [1.54, 1.807) is 18.2 Å². The van der Waals surface area contributed by atoms with Crippen molar-refractivity contribution in [3.05, 3.63) is 63.5 Å². The van der Waals surface area contributed by atoms with Gasteiger partial charge in [0.15, 0.2) is 0 Å². The average Bonchev–Trinajstić information content (AvgIpc) is 3.11. The number of methoxy groups -OCH3 is 1. The molecule has 0 aliphatic heterocycles. The number of aromatic nitrogens is 2. The topological polar surface area (TPSA) is 73.2 Å². The van der Waals surface area contributed by atoms with Crippen molar-refractivity contribution in [1.29, 1.82) is 0 Å². The van der Waals surface area contributed by atoms with E-state index < -0.39 is 0 Å². The number of rotatable bonds is 5. The minimum absolute atomic E-state index is 0.139. The average molecular weight is 376 g/mol. The largest absolute Gasteiger partial charge is 0.495 e. The predicted molar refractivity (Wildman–Crippen MR) is 98.4 cm³/mol. The summed E-state index contributed by atoms with van der Waals surface area (Å²) in [6, 6.07) is 10.1. The number of anilines is 1. The molecular weight excluding hydrogens is 362 g/mol. The van der Waals surface area contributed by atoms with E-state index in [2.05, 4.69) is 10.3 Å². The molecule has 1 N–H and O–H groups in total. The molecule has 0 aliphatic carbocycles. The SMILES string of the molecule is COc1ccc(NC(=O)Cn2cnc(-c3cccs3)cc2=O)cc1Cl. The lowest BCUT2D eigenvalue weighted by Crippen LogP contribution is -2.27.